The summed E-state index contributed by atoms with van der Waals surface area (Å²) in [6, 6.07) is 9.87. The van der Waals surface area contributed by atoms with Gasteiger partial charge in [0, 0.05) is 12.2 Å². The van der Waals surface area contributed by atoms with Crippen LogP contribution in [0.5, 0.6) is 11.5 Å². The molecule has 0 saturated heterocycles. The summed E-state index contributed by atoms with van der Waals surface area (Å²) in [7, 11) is 1.52. The van der Waals surface area contributed by atoms with Crippen LogP contribution in [0.15, 0.2) is 30.3 Å². The van der Waals surface area contributed by atoms with Crippen molar-refractivity contribution in [3.63, 3.8) is 0 Å². The Bertz CT molecular complexity index is 727. The number of methoxy groups -OCH3 is 1. The molecule has 0 atom stereocenters. The first kappa shape index (κ1) is 17.9. The molecule has 1 amide bonds. The standard InChI is InChI=1S/C18H21ClN2O3/c1-11-4-12(2)6-14(5-11)21-9-13-7-15(19)18(16(8-13)23-3)24-10-17(20)22/h4-8,21H,9-10H2,1-3H3,(H2,20,22). The highest BCUT2D eigenvalue weighted by Gasteiger charge is 2.13. The molecule has 0 aromatic heterocycles. The van der Waals surface area contributed by atoms with Crippen molar-refractivity contribution in [1.82, 2.24) is 0 Å². The predicted molar refractivity (Wildman–Crippen MR) is 95.9 cm³/mol. The van der Waals surface area contributed by atoms with E-state index in [4.69, 9.17) is 26.8 Å². The number of primary amides is 1. The topological polar surface area (TPSA) is 73.6 Å². The molecule has 2 aromatic carbocycles. The summed E-state index contributed by atoms with van der Waals surface area (Å²) in [6.45, 7) is 4.44. The van der Waals surface area contributed by atoms with Gasteiger partial charge in [-0.2, -0.15) is 0 Å². The zero-order valence-electron chi connectivity index (χ0n) is 14.0. The lowest BCUT2D eigenvalue weighted by atomic mass is 10.1. The Hall–Kier alpha value is -2.40. The van der Waals surface area contributed by atoms with E-state index in [9.17, 15) is 4.79 Å². The molecular formula is C18H21ClN2O3. The van der Waals surface area contributed by atoms with Crippen molar-refractivity contribution in [3.8, 4) is 11.5 Å². The number of carbonyl (C=O) groups excluding carboxylic acids is 1. The summed E-state index contributed by atoms with van der Waals surface area (Å²) in [5, 5.41) is 3.73. The van der Waals surface area contributed by atoms with Crippen LogP contribution >= 0.6 is 11.6 Å². The van der Waals surface area contributed by atoms with Crippen LogP contribution < -0.4 is 20.5 Å². The smallest absolute Gasteiger partial charge is 0.255 e. The van der Waals surface area contributed by atoms with E-state index in [2.05, 4.69) is 37.4 Å². The van der Waals surface area contributed by atoms with Gasteiger partial charge in [0.05, 0.1) is 12.1 Å². The molecule has 6 heteroatoms. The molecule has 0 bridgehead atoms. The first-order valence-electron chi connectivity index (χ1n) is 7.48. The number of carbonyl (C=O) groups is 1. The number of hydrogen-bond acceptors (Lipinski definition) is 4. The fourth-order valence-electron chi connectivity index (χ4n) is 2.44. The molecule has 0 heterocycles. The van der Waals surface area contributed by atoms with Crippen molar-refractivity contribution < 1.29 is 14.3 Å². The minimum Gasteiger partial charge on any atom is -0.493 e. The average Bonchev–Trinajstić information content (AvgIpc) is 2.50. The van der Waals surface area contributed by atoms with Crippen molar-refractivity contribution in [2.45, 2.75) is 20.4 Å². The van der Waals surface area contributed by atoms with Gasteiger partial charge in [0.2, 0.25) is 0 Å². The molecule has 5 nitrogen and oxygen atoms in total. The summed E-state index contributed by atoms with van der Waals surface area (Å²) in [5.74, 6) is 0.197. The van der Waals surface area contributed by atoms with Gasteiger partial charge in [0.25, 0.3) is 5.91 Å². The molecule has 0 fully saturated rings. The van der Waals surface area contributed by atoms with Crippen molar-refractivity contribution in [2.24, 2.45) is 5.73 Å². The maximum atomic E-state index is 10.9. The van der Waals surface area contributed by atoms with Crippen molar-refractivity contribution in [3.05, 3.63) is 52.0 Å². The van der Waals surface area contributed by atoms with Crippen LogP contribution in [0.3, 0.4) is 0 Å². The average molecular weight is 349 g/mol. The zero-order valence-corrected chi connectivity index (χ0v) is 14.7. The Morgan fingerprint density at radius 2 is 1.83 bits per heavy atom. The number of benzene rings is 2. The molecule has 3 N–H and O–H groups in total. The fourth-order valence-corrected chi connectivity index (χ4v) is 2.73. The maximum Gasteiger partial charge on any atom is 0.255 e. The summed E-state index contributed by atoms with van der Waals surface area (Å²) in [4.78, 5) is 10.9. The highest BCUT2D eigenvalue weighted by molar-refractivity contribution is 6.32. The lowest BCUT2D eigenvalue weighted by Crippen LogP contribution is -2.20. The van der Waals surface area contributed by atoms with E-state index in [1.54, 1.807) is 6.07 Å². The lowest BCUT2D eigenvalue weighted by molar-refractivity contribution is -0.119. The number of rotatable bonds is 7. The van der Waals surface area contributed by atoms with E-state index >= 15 is 0 Å². The van der Waals surface area contributed by atoms with Gasteiger partial charge in [-0.25, -0.2) is 0 Å². The molecule has 0 radical (unpaired) electrons. The number of halogens is 1. The third-order valence-corrected chi connectivity index (χ3v) is 3.65. The Balaban J connectivity index is 2.16. The van der Waals surface area contributed by atoms with Gasteiger partial charge in [-0.1, -0.05) is 17.7 Å². The van der Waals surface area contributed by atoms with Crippen molar-refractivity contribution in [2.75, 3.05) is 19.0 Å². The SMILES string of the molecule is COc1cc(CNc2cc(C)cc(C)c2)cc(Cl)c1OCC(N)=O. The third-order valence-electron chi connectivity index (χ3n) is 3.37. The third kappa shape index (κ3) is 4.80. The molecule has 0 aliphatic carbocycles. The second kappa shape index (κ2) is 7.93. The van der Waals surface area contributed by atoms with Crippen LogP contribution in [-0.2, 0) is 11.3 Å². The molecule has 128 valence electrons. The molecule has 2 aromatic rings. The van der Waals surface area contributed by atoms with Crippen LogP contribution in [0.1, 0.15) is 16.7 Å². The number of ether oxygens (including phenoxy) is 2. The summed E-state index contributed by atoms with van der Waals surface area (Å²) in [6.07, 6.45) is 0. The van der Waals surface area contributed by atoms with Crippen LogP contribution in [0.2, 0.25) is 5.02 Å². The molecule has 2 rings (SSSR count). The van der Waals surface area contributed by atoms with Gasteiger partial charge >= 0.3 is 0 Å². The Labute approximate surface area is 146 Å². The largest absolute Gasteiger partial charge is 0.493 e. The predicted octanol–water partition coefficient (Wildman–Crippen LogP) is 3.44. The highest BCUT2D eigenvalue weighted by atomic mass is 35.5. The molecule has 0 saturated carbocycles. The summed E-state index contributed by atoms with van der Waals surface area (Å²) < 4.78 is 10.6. The van der Waals surface area contributed by atoms with Crippen LogP contribution in [0.4, 0.5) is 5.69 Å². The van der Waals surface area contributed by atoms with Gasteiger partial charge < -0.3 is 20.5 Å². The number of anilines is 1. The van der Waals surface area contributed by atoms with Crippen LogP contribution in [0.25, 0.3) is 0 Å². The van der Waals surface area contributed by atoms with E-state index in [1.165, 1.54) is 18.2 Å². The lowest BCUT2D eigenvalue weighted by Gasteiger charge is -2.14. The molecule has 24 heavy (non-hydrogen) atoms. The Morgan fingerprint density at radius 3 is 2.42 bits per heavy atom. The van der Waals surface area contributed by atoms with Crippen molar-refractivity contribution >= 4 is 23.2 Å². The quantitative estimate of drug-likeness (QED) is 0.803. The summed E-state index contributed by atoms with van der Waals surface area (Å²) in [5.41, 5.74) is 9.46. The van der Waals surface area contributed by atoms with E-state index < -0.39 is 5.91 Å². The summed E-state index contributed by atoms with van der Waals surface area (Å²) >= 11 is 6.24. The van der Waals surface area contributed by atoms with Gasteiger partial charge in [-0.05, 0) is 54.8 Å². The van der Waals surface area contributed by atoms with Gasteiger partial charge in [0.15, 0.2) is 18.1 Å². The molecule has 0 unspecified atom stereocenters. The minimum atomic E-state index is -0.575. The zero-order chi connectivity index (χ0) is 17.7. The Morgan fingerprint density at radius 1 is 1.17 bits per heavy atom. The normalized spacial score (nSPS) is 10.3. The van der Waals surface area contributed by atoms with Gasteiger partial charge in [-0.15, -0.1) is 0 Å². The molecule has 0 aliphatic rings. The number of hydrogen-bond donors (Lipinski definition) is 2. The monoisotopic (exact) mass is 348 g/mol. The van der Waals surface area contributed by atoms with Gasteiger partial charge in [0.1, 0.15) is 0 Å². The maximum absolute atomic E-state index is 10.9. The second-order valence-corrected chi connectivity index (χ2v) is 6.00. The fraction of sp³-hybridized carbons (Fsp3) is 0.278. The first-order chi connectivity index (χ1) is 11.4. The van der Waals surface area contributed by atoms with Gasteiger partial charge in [-0.3, -0.25) is 4.79 Å². The molecule has 0 aliphatic heterocycles. The molecule has 0 spiro atoms. The number of amides is 1. The first-order valence-corrected chi connectivity index (χ1v) is 7.86. The van der Waals surface area contributed by atoms with Crippen LogP contribution in [-0.4, -0.2) is 19.6 Å². The number of nitrogens with one attached hydrogen (secondary N) is 1. The second-order valence-electron chi connectivity index (χ2n) is 5.59. The van der Waals surface area contributed by atoms with E-state index in [0.717, 1.165) is 11.3 Å². The minimum absolute atomic E-state index is 0.254. The number of nitrogens with two attached hydrogens (primary N) is 1. The number of aryl methyl sites for hydroxylation is 2. The van der Waals surface area contributed by atoms with Crippen molar-refractivity contribution in [1.29, 1.82) is 0 Å². The van der Waals surface area contributed by atoms with E-state index in [0.29, 0.717) is 23.1 Å². The van der Waals surface area contributed by atoms with E-state index in [1.807, 2.05) is 6.07 Å². The Kier molecular flexibility index (Phi) is 5.93. The molecular weight excluding hydrogens is 328 g/mol. The van der Waals surface area contributed by atoms with E-state index in [-0.39, 0.29) is 6.61 Å². The highest BCUT2D eigenvalue weighted by Crippen LogP contribution is 2.36. The van der Waals surface area contributed by atoms with Crippen LogP contribution in [0, 0.1) is 13.8 Å².